The number of aryl methyl sites for hydroxylation is 6. The number of rotatable bonds is 6. The fraction of sp³-hybridized carbons (Fsp3) is 0.118. The smallest absolute Gasteiger partial charge is 0.166 e. The SMILES string of the molecule is Cc1cc(C)c(-c2ccc3c4ccc(-c5c(C)cc(C)cc5C)cc4n(-c4ccccc4-c4nc(-c5ccccc5)nc(-c5ccccc5)n4)c3c2)c(C)c1. The Morgan fingerprint density at radius 2 is 0.764 bits per heavy atom. The van der Waals surface area contributed by atoms with Gasteiger partial charge in [-0.25, -0.2) is 15.0 Å². The maximum Gasteiger partial charge on any atom is 0.166 e. The van der Waals surface area contributed by atoms with Crippen LogP contribution in [0.25, 0.3) is 83.9 Å². The molecular weight excluding hydrogens is 669 g/mol. The van der Waals surface area contributed by atoms with Crippen LogP contribution in [0.2, 0.25) is 0 Å². The molecule has 0 atom stereocenters. The van der Waals surface area contributed by atoms with Crippen molar-refractivity contribution >= 4 is 21.8 Å². The average molecular weight is 711 g/mol. The molecule has 0 bridgehead atoms. The average Bonchev–Trinajstić information content (AvgIpc) is 3.50. The van der Waals surface area contributed by atoms with Crippen LogP contribution in [0.15, 0.2) is 146 Å². The maximum atomic E-state index is 5.19. The third-order valence-electron chi connectivity index (χ3n) is 10.8. The van der Waals surface area contributed by atoms with Crippen molar-refractivity contribution in [1.82, 2.24) is 19.5 Å². The summed E-state index contributed by atoms with van der Waals surface area (Å²) >= 11 is 0. The molecule has 55 heavy (non-hydrogen) atoms. The number of nitrogens with zero attached hydrogens (tertiary/aromatic N) is 4. The van der Waals surface area contributed by atoms with Crippen molar-refractivity contribution in [3.63, 3.8) is 0 Å². The molecule has 4 nitrogen and oxygen atoms in total. The molecule has 0 saturated heterocycles. The van der Waals surface area contributed by atoms with E-state index in [2.05, 4.69) is 155 Å². The predicted octanol–water partition coefficient (Wildman–Crippen LogP) is 13.2. The topological polar surface area (TPSA) is 43.6 Å². The summed E-state index contributed by atoms with van der Waals surface area (Å²) in [5, 5.41) is 2.40. The van der Waals surface area contributed by atoms with Crippen LogP contribution >= 0.6 is 0 Å². The zero-order valence-corrected chi connectivity index (χ0v) is 32.1. The Morgan fingerprint density at radius 3 is 1.22 bits per heavy atom. The summed E-state index contributed by atoms with van der Waals surface area (Å²) in [6, 6.07) is 51.9. The molecule has 0 radical (unpaired) electrons. The van der Waals surface area contributed by atoms with Crippen LogP contribution < -0.4 is 0 Å². The molecule has 9 aromatic rings. The van der Waals surface area contributed by atoms with Gasteiger partial charge in [0.1, 0.15) is 0 Å². The molecule has 0 unspecified atom stereocenters. The minimum atomic E-state index is 0.626. The van der Waals surface area contributed by atoms with Crippen LogP contribution in [-0.4, -0.2) is 19.5 Å². The normalized spacial score (nSPS) is 11.5. The molecule has 0 spiro atoms. The first-order chi connectivity index (χ1) is 26.7. The molecule has 9 rings (SSSR count). The first kappa shape index (κ1) is 34.1. The van der Waals surface area contributed by atoms with E-state index in [1.54, 1.807) is 0 Å². The second-order valence-corrected chi connectivity index (χ2v) is 14.9. The zero-order chi connectivity index (χ0) is 37.8. The van der Waals surface area contributed by atoms with E-state index in [1.807, 2.05) is 36.4 Å². The maximum absolute atomic E-state index is 5.19. The van der Waals surface area contributed by atoms with Crippen molar-refractivity contribution in [2.24, 2.45) is 0 Å². The number of para-hydroxylation sites is 1. The van der Waals surface area contributed by atoms with Crippen molar-refractivity contribution in [1.29, 1.82) is 0 Å². The van der Waals surface area contributed by atoms with Gasteiger partial charge in [-0.3, -0.25) is 0 Å². The first-order valence-electron chi connectivity index (χ1n) is 18.9. The highest BCUT2D eigenvalue weighted by Crippen LogP contribution is 2.41. The molecule has 7 aromatic carbocycles. The van der Waals surface area contributed by atoms with Gasteiger partial charge in [-0.1, -0.05) is 132 Å². The summed E-state index contributed by atoms with van der Waals surface area (Å²) in [5.41, 5.74) is 18.7. The van der Waals surface area contributed by atoms with Gasteiger partial charge in [0.15, 0.2) is 17.5 Å². The fourth-order valence-electron chi connectivity index (χ4n) is 8.65. The van der Waals surface area contributed by atoms with E-state index in [0.717, 1.165) is 33.4 Å². The Labute approximate surface area is 322 Å². The Hall–Kier alpha value is -6.65. The van der Waals surface area contributed by atoms with Gasteiger partial charge in [-0.05, 0) is 110 Å². The summed E-state index contributed by atoms with van der Waals surface area (Å²) in [6.45, 7) is 13.2. The first-order valence-corrected chi connectivity index (χ1v) is 18.9. The lowest BCUT2D eigenvalue weighted by Gasteiger charge is -2.16. The standard InChI is InChI=1S/C51H42N4/c1-31-25-33(3)47(34(4)26-31)39-21-23-41-42-24-22-40(48-35(5)27-32(2)28-36(48)6)30-46(42)55(45(41)29-39)44-20-14-13-19-43(44)51-53-49(37-15-9-7-10-16-37)52-50(54-51)38-17-11-8-12-18-38/h7-30H,1-6H3. The predicted molar refractivity (Wildman–Crippen MR) is 230 cm³/mol. The fourth-order valence-corrected chi connectivity index (χ4v) is 8.65. The summed E-state index contributed by atoms with van der Waals surface area (Å²) < 4.78 is 2.43. The van der Waals surface area contributed by atoms with Crippen LogP contribution in [0, 0.1) is 41.5 Å². The van der Waals surface area contributed by atoms with E-state index >= 15 is 0 Å². The highest BCUT2D eigenvalue weighted by atomic mass is 15.1. The van der Waals surface area contributed by atoms with E-state index in [9.17, 15) is 0 Å². The molecule has 0 amide bonds. The molecule has 0 N–H and O–H groups in total. The molecule has 0 aliphatic rings. The Balaban J connectivity index is 1.35. The van der Waals surface area contributed by atoms with Crippen LogP contribution in [0.5, 0.6) is 0 Å². The zero-order valence-electron chi connectivity index (χ0n) is 32.1. The molecule has 0 saturated carbocycles. The van der Waals surface area contributed by atoms with Gasteiger partial charge in [-0.15, -0.1) is 0 Å². The molecule has 2 heterocycles. The number of hydrogen-bond acceptors (Lipinski definition) is 3. The van der Waals surface area contributed by atoms with Crippen LogP contribution in [-0.2, 0) is 0 Å². The second-order valence-electron chi connectivity index (χ2n) is 14.9. The largest absolute Gasteiger partial charge is 0.308 e. The lowest BCUT2D eigenvalue weighted by molar-refractivity contribution is 1.06. The van der Waals surface area contributed by atoms with Gasteiger partial charge < -0.3 is 4.57 Å². The van der Waals surface area contributed by atoms with Crippen molar-refractivity contribution in [2.45, 2.75) is 41.5 Å². The van der Waals surface area contributed by atoms with E-state index in [0.29, 0.717) is 17.5 Å². The molecule has 2 aromatic heterocycles. The van der Waals surface area contributed by atoms with E-state index < -0.39 is 0 Å². The summed E-state index contributed by atoms with van der Waals surface area (Å²) in [5.74, 6) is 1.91. The molecule has 0 aliphatic heterocycles. The summed E-state index contributed by atoms with van der Waals surface area (Å²) in [6.07, 6.45) is 0. The van der Waals surface area contributed by atoms with Gasteiger partial charge in [-0.2, -0.15) is 0 Å². The number of benzene rings is 7. The quantitative estimate of drug-likeness (QED) is 0.173. The van der Waals surface area contributed by atoms with Crippen LogP contribution in [0.1, 0.15) is 33.4 Å². The van der Waals surface area contributed by atoms with Crippen molar-refractivity contribution in [3.05, 3.63) is 179 Å². The van der Waals surface area contributed by atoms with Crippen molar-refractivity contribution in [2.75, 3.05) is 0 Å². The van der Waals surface area contributed by atoms with Gasteiger partial charge in [0.25, 0.3) is 0 Å². The minimum Gasteiger partial charge on any atom is -0.308 e. The van der Waals surface area contributed by atoms with Crippen molar-refractivity contribution in [3.8, 4) is 62.1 Å². The molecule has 266 valence electrons. The highest BCUT2D eigenvalue weighted by molar-refractivity contribution is 6.12. The van der Waals surface area contributed by atoms with E-state index in [-0.39, 0.29) is 0 Å². The molecular formula is C51H42N4. The lowest BCUT2D eigenvalue weighted by Crippen LogP contribution is -2.03. The lowest BCUT2D eigenvalue weighted by atomic mass is 9.92. The van der Waals surface area contributed by atoms with Gasteiger partial charge in [0.05, 0.1) is 16.7 Å². The van der Waals surface area contributed by atoms with Crippen LogP contribution in [0.3, 0.4) is 0 Å². The minimum absolute atomic E-state index is 0.626. The molecule has 0 aliphatic carbocycles. The Kier molecular flexibility index (Phi) is 8.47. The van der Waals surface area contributed by atoms with Crippen molar-refractivity contribution < 1.29 is 0 Å². The molecule has 0 fully saturated rings. The second kappa shape index (κ2) is 13.6. The third-order valence-corrected chi connectivity index (χ3v) is 10.8. The van der Waals surface area contributed by atoms with Gasteiger partial charge in [0, 0.05) is 27.5 Å². The summed E-state index contributed by atoms with van der Waals surface area (Å²) in [4.78, 5) is 15.4. The van der Waals surface area contributed by atoms with Gasteiger partial charge >= 0.3 is 0 Å². The number of aromatic nitrogens is 4. The van der Waals surface area contributed by atoms with E-state index in [4.69, 9.17) is 15.0 Å². The number of hydrogen-bond donors (Lipinski definition) is 0. The van der Waals surface area contributed by atoms with E-state index in [1.165, 1.54) is 66.4 Å². The van der Waals surface area contributed by atoms with Crippen LogP contribution in [0.4, 0.5) is 0 Å². The van der Waals surface area contributed by atoms with Gasteiger partial charge in [0.2, 0.25) is 0 Å². The monoisotopic (exact) mass is 710 g/mol. The number of fused-ring (bicyclic) bond motifs is 3. The Bertz CT molecular complexity index is 2700. The molecule has 4 heteroatoms. The highest BCUT2D eigenvalue weighted by Gasteiger charge is 2.21. The third kappa shape index (κ3) is 6.10. The summed E-state index contributed by atoms with van der Waals surface area (Å²) in [7, 11) is 0. The Morgan fingerprint density at radius 1 is 0.364 bits per heavy atom.